The van der Waals surface area contributed by atoms with Crippen LogP contribution in [0.15, 0.2) is 22.0 Å². The van der Waals surface area contributed by atoms with Crippen molar-refractivity contribution in [2.45, 2.75) is 31.6 Å². The van der Waals surface area contributed by atoms with Gasteiger partial charge >= 0.3 is 0 Å². The summed E-state index contributed by atoms with van der Waals surface area (Å²) in [6, 6.07) is 2.19. The van der Waals surface area contributed by atoms with E-state index in [1.807, 2.05) is 42.3 Å². The van der Waals surface area contributed by atoms with Gasteiger partial charge in [-0.3, -0.25) is 9.36 Å². The van der Waals surface area contributed by atoms with Crippen LogP contribution in [0, 0.1) is 0 Å². The fourth-order valence-corrected chi connectivity index (χ4v) is 3.53. The Balaban J connectivity index is 1.92. The number of carbonyl (C=O) groups is 1. The molecule has 0 aliphatic carbocycles. The number of thioether (sulfide) groups is 1. The predicted octanol–water partition coefficient (Wildman–Crippen LogP) is 2.25. The highest BCUT2D eigenvalue weighted by molar-refractivity contribution is 7.99. The second-order valence-electron chi connectivity index (χ2n) is 4.97. The Morgan fingerprint density at radius 3 is 2.90 bits per heavy atom. The Kier molecular flexibility index (Phi) is 5.24. The average molecular weight is 325 g/mol. The predicted molar refractivity (Wildman–Crippen MR) is 86.3 cm³/mol. The lowest BCUT2D eigenvalue weighted by Gasteiger charge is -2.16. The molecule has 0 aliphatic rings. The number of thiophene rings is 1. The van der Waals surface area contributed by atoms with E-state index < -0.39 is 0 Å². The molecule has 2 heterocycles. The third kappa shape index (κ3) is 3.98. The highest BCUT2D eigenvalue weighted by Gasteiger charge is 2.16. The molecule has 1 amide bonds. The van der Waals surface area contributed by atoms with Crippen LogP contribution in [-0.4, -0.2) is 38.4 Å². The quantitative estimate of drug-likeness (QED) is 0.824. The normalized spacial score (nSPS) is 11.0. The van der Waals surface area contributed by atoms with Gasteiger partial charge < -0.3 is 10.6 Å². The zero-order chi connectivity index (χ0) is 15.4. The van der Waals surface area contributed by atoms with Gasteiger partial charge in [-0.1, -0.05) is 11.8 Å². The Bertz CT molecular complexity index is 594. The molecule has 2 rings (SSSR count). The maximum Gasteiger partial charge on any atom is 0.233 e. The maximum atomic E-state index is 12.2. The number of carbonyl (C=O) groups excluding carboxylic acids is 1. The Labute approximate surface area is 132 Å². The summed E-state index contributed by atoms with van der Waals surface area (Å²) in [5, 5.41) is 12.6. The molecule has 6 nitrogen and oxygen atoms in total. The third-order valence-corrected chi connectivity index (χ3v) is 4.62. The molecule has 0 saturated carbocycles. The summed E-state index contributed by atoms with van der Waals surface area (Å²) in [6.07, 6.45) is 0. The van der Waals surface area contributed by atoms with Crippen molar-refractivity contribution < 1.29 is 4.79 Å². The number of anilines is 1. The van der Waals surface area contributed by atoms with Gasteiger partial charge in [0.15, 0.2) is 5.16 Å². The molecule has 0 aliphatic heterocycles. The van der Waals surface area contributed by atoms with Crippen molar-refractivity contribution in [2.75, 3.05) is 18.5 Å². The highest BCUT2D eigenvalue weighted by Crippen LogP contribution is 2.22. The molecule has 0 aromatic carbocycles. The lowest BCUT2D eigenvalue weighted by molar-refractivity contribution is -0.127. The molecule has 0 radical (unpaired) electrons. The van der Waals surface area contributed by atoms with Crippen molar-refractivity contribution in [1.29, 1.82) is 0 Å². The first kappa shape index (κ1) is 15.8. The number of rotatable bonds is 6. The Morgan fingerprint density at radius 2 is 2.29 bits per heavy atom. The molecule has 0 spiro atoms. The number of nitrogens with zero attached hydrogens (tertiary/aromatic N) is 4. The summed E-state index contributed by atoms with van der Waals surface area (Å²) in [5.74, 6) is 0.764. The number of hydrogen-bond acceptors (Lipinski definition) is 6. The number of nitrogens with two attached hydrogens (primary N) is 1. The molecule has 2 aromatic rings. The van der Waals surface area contributed by atoms with E-state index in [4.69, 9.17) is 5.73 Å². The Morgan fingerprint density at radius 1 is 1.52 bits per heavy atom. The van der Waals surface area contributed by atoms with Crippen LogP contribution in [0.3, 0.4) is 0 Å². The largest absolute Gasteiger partial charge is 0.368 e. The monoisotopic (exact) mass is 325 g/mol. The standard InChI is InChI=1S/C13H19N5OS2/c1-9(2)18-12(14)15-16-13(18)21-8-11(19)17(3)6-10-4-5-20-7-10/h4-5,7,9H,6,8H2,1-3H3,(H2,14,15). The number of aromatic nitrogens is 3. The summed E-state index contributed by atoms with van der Waals surface area (Å²) in [7, 11) is 1.81. The fraction of sp³-hybridized carbons (Fsp3) is 0.462. The molecular weight excluding hydrogens is 306 g/mol. The van der Waals surface area contributed by atoms with Crippen molar-refractivity contribution >= 4 is 35.0 Å². The van der Waals surface area contributed by atoms with Crippen LogP contribution in [0.1, 0.15) is 25.5 Å². The first-order valence-corrected chi connectivity index (χ1v) is 8.50. The smallest absolute Gasteiger partial charge is 0.233 e. The second-order valence-corrected chi connectivity index (χ2v) is 6.70. The fourth-order valence-electron chi connectivity index (χ4n) is 1.85. The van der Waals surface area contributed by atoms with Crippen LogP contribution in [0.2, 0.25) is 0 Å². The first-order chi connectivity index (χ1) is 9.99. The SMILES string of the molecule is CC(C)n1c(N)nnc1SCC(=O)N(C)Cc1ccsc1. The number of amides is 1. The Hall–Kier alpha value is -1.54. The summed E-state index contributed by atoms with van der Waals surface area (Å²) in [5.41, 5.74) is 6.93. The topological polar surface area (TPSA) is 77.0 Å². The summed E-state index contributed by atoms with van der Waals surface area (Å²) in [4.78, 5) is 13.9. The lowest BCUT2D eigenvalue weighted by Crippen LogP contribution is -2.27. The van der Waals surface area contributed by atoms with Gasteiger partial charge in [0, 0.05) is 19.6 Å². The van der Waals surface area contributed by atoms with E-state index in [0.29, 0.717) is 23.4 Å². The van der Waals surface area contributed by atoms with Gasteiger partial charge in [0.25, 0.3) is 0 Å². The van der Waals surface area contributed by atoms with Crippen LogP contribution in [0.5, 0.6) is 0 Å². The molecule has 0 saturated heterocycles. The van der Waals surface area contributed by atoms with E-state index in [1.165, 1.54) is 11.8 Å². The van der Waals surface area contributed by atoms with Crippen molar-refractivity contribution in [2.24, 2.45) is 0 Å². The minimum atomic E-state index is 0.0584. The van der Waals surface area contributed by atoms with Crippen molar-refractivity contribution in [3.05, 3.63) is 22.4 Å². The van der Waals surface area contributed by atoms with Crippen molar-refractivity contribution in [3.63, 3.8) is 0 Å². The molecule has 0 fully saturated rings. The van der Waals surface area contributed by atoms with E-state index in [-0.39, 0.29) is 11.9 Å². The molecule has 114 valence electrons. The summed E-state index contributed by atoms with van der Waals surface area (Å²) < 4.78 is 1.83. The minimum absolute atomic E-state index is 0.0584. The van der Waals surface area contributed by atoms with E-state index in [2.05, 4.69) is 10.2 Å². The molecule has 8 heteroatoms. The van der Waals surface area contributed by atoms with Gasteiger partial charge in [-0.05, 0) is 36.2 Å². The van der Waals surface area contributed by atoms with Crippen LogP contribution in [-0.2, 0) is 11.3 Å². The van der Waals surface area contributed by atoms with E-state index in [1.54, 1.807) is 16.2 Å². The zero-order valence-electron chi connectivity index (χ0n) is 12.3. The van der Waals surface area contributed by atoms with Gasteiger partial charge in [0.05, 0.1) is 5.75 Å². The minimum Gasteiger partial charge on any atom is -0.368 e. The second kappa shape index (κ2) is 6.95. The van der Waals surface area contributed by atoms with E-state index >= 15 is 0 Å². The molecule has 21 heavy (non-hydrogen) atoms. The van der Waals surface area contributed by atoms with E-state index in [9.17, 15) is 4.79 Å². The van der Waals surface area contributed by atoms with Crippen LogP contribution in [0.4, 0.5) is 5.95 Å². The van der Waals surface area contributed by atoms with Gasteiger partial charge in [-0.15, -0.1) is 10.2 Å². The molecule has 2 N–H and O–H groups in total. The number of hydrogen-bond donors (Lipinski definition) is 1. The molecule has 0 atom stereocenters. The molecule has 2 aromatic heterocycles. The summed E-state index contributed by atoms with van der Waals surface area (Å²) >= 11 is 3.00. The first-order valence-electron chi connectivity index (χ1n) is 6.57. The summed E-state index contributed by atoms with van der Waals surface area (Å²) in [6.45, 7) is 4.64. The zero-order valence-corrected chi connectivity index (χ0v) is 13.9. The van der Waals surface area contributed by atoms with Gasteiger partial charge in [0.1, 0.15) is 0 Å². The van der Waals surface area contributed by atoms with Gasteiger partial charge in [-0.25, -0.2) is 0 Å². The maximum absolute atomic E-state index is 12.2. The molecule has 0 unspecified atom stereocenters. The molecule has 0 bridgehead atoms. The van der Waals surface area contributed by atoms with Crippen LogP contribution in [0.25, 0.3) is 0 Å². The average Bonchev–Trinajstić information content (AvgIpc) is 3.05. The highest BCUT2D eigenvalue weighted by atomic mass is 32.2. The number of nitrogen functional groups attached to an aromatic ring is 1. The van der Waals surface area contributed by atoms with Crippen LogP contribution >= 0.6 is 23.1 Å². The van der Waals surface area contributed by atoms with Crippen molar-refractivity contribution in [3.8, 4) is 0 Å². The van der Waals surface area contributed by atoms with Gasteiger partial charge in [-0.2, -0.15) is 11.3 Å². The lowest BCUT2D eigenvalue weighted by atomic mass is 10.3. The van der Waals surface area contributed by atoms with Crippen molar-refractivity contribution in [1.82, 2.24) is 19.7 Å². The molecular formula is C13H19N5OS2. The van der Waals surface area contributed by atoms with E-state index in [0.717, 1.165) is 5.56 Å². The van der Waals surface area contributed by atoms with Crippen LogP contribution < -0.4 is 5.73 Å². The third-order valence-electron chi connectivity index (χ3n) is 2.96. The van der Waals surface area contributed by atoms with Gasteiger partial charge in [0.2, 0.25) is 11.9 Å².